The molecule has 0 radical (unpaired) electrons. The molecule has 190 valence electrons. The van der Waals surface area contributed by atoms with E-state index in [9.17, 15) is 13.6 Å². The zero-order valence-electron chi connectivity index (χ0n) is 19.7. The molecule has 9 nitrogen and oxygen atoms in total. The Bertz CT molecular complexity index is 1360. The molecule has 1 heterocycles. The molecule has 0 saturated heterocycles. The van der Waals surface area contributed by atoms with E-state index in [1.165, 1.54) is 31.4 Å². The summed E-state index contributed by atoms with van der Waals surface area (Å²) in [6.07, 6.45) is 0. The van der Waals surface area contributed by atoms with Crippen LogP contribution in [0.15, 0.2) is 66.7 Å². The third-order valence-electron chi connectivity index (χ3n) is 5.03. The van der Waals surface area contributed by atoms with Crippen molar-refractivity contribution >= 4 is 52.4 Å². The number of methoxy groups -OCH3 is 1. The fraction of sp³-hybridized carbons (Fsp3) is 0.120. The number of nitrogens with zero attached hydrogens (tertiary/aromatic N) is 3. The predicted molar refractivity (Wildman–Crippen MR) is 139 cm³/mol. The van der Waals surface area contributed by atoms with Crippen LogP contribution in [0, 0.1) is 11.6 Å². The van der Waals surface area contributed by atoms with Crippen LogP contribution in [0.4, 0.5) is 43.7 Å². The van der Waals surface area contributed by atoms with Crippen molar-refractivity contribution in [2.45, 2.75) is 13.0 Å². The van der Waals surface area contributed by atoms with Crippen LogP contribution in [0.1, 0.15) is 6.92 Å². The molecule has 4 aromatic rings. The molecular weight excluding hydrogens is 504 g/mol. The zero-order valence-corrected chi connectivity index (χ0v) is 20.5. The van der Waals surface area contributed by atoms with E-state index in [1.54, 1.807) is 49.4 Å². The highest BCUT2D eigenvalue weighted by atomic mass is 35.5. The van der Waals surface area contributed by atoms with Crippen LogP contribution < -0.4 is 26.0 Å². The minimum Gasteiger partial charge on any atom is -0.495 e. The van der Waals surface area contributed by atoms with E-state index in [1.807, 2.05) is 0 Å². The van der Waals surface area contributed by atoms with Crippen LogP contribution in [0.3, 0.4) is 0 Å². The zero-order chi connectivity index (χ0) is 26.4. The molecule has 0 saturated carbocycles. The van der Waals surface area contributed by atoms with E-state index >= 15 is 0 Å². The Hall–Kier alpha value is -4.51. The summed E-state index contributed by atoms with van der Waals surface area (Å²) < 4.78 is 33.5. The topological polar surface area (TPSA) is 113 Å². The number of carbonyl (C=O) groups excluding carboxylic acids is 1. The second-order valence-corrected chi connectivity index (χ2v) is 8.13. The van der Waals surface area contributed by atoms with Crippen molar-refractivity contribution < 1.29 is 18.3 Å². The van der Waals surface area contributed by atoms with Gasteiger partial charge in [0, 0.05) is 5.69 Å². The minimum atomic E-state index is -0.814. The van der Waals surface area contributed by atoms with Gasteiger partial charge in [0.05, 0.1) is 23.5 Å². The number of anilines is 6. The average Bonchev–Trinajstić information content (AvgIpc) is 2.87. The fourth-order valence-electron chi connectivity index (χ4n) is 3.17. The Morgan fingerprint density at radius 2 is 1.41 bits per heavy atom. The summed E-state index contributed by atoms with van der Waals surface area (Å²) in [5, 5.41) is 11.5. The van der Waals surface area contributed by atoms with Crippen LogP contribution in [-0.4, -0.2) is 34.0 Å². The molecule has 0 aliphatic rings. The van der Waals surface area contributed by atoms with E-state index in [0.29, 0.717) is 16.5 Å². The molecule has 0 bridgehead atoms. The summed E-state index contributed by atoms with van der Waals surface area (Å²) in [7, 11) is 1.49. The summed E-state index contributed by atoms with van der Waals surface area (Å²) in [6, 6.07) is 16.0. The molecule has 1 aromatic heterocycles. The molecule has 0 aliphatic heterocycles. The molecule has 4 rings (SSSR count). The van der Waals surface area contributed by atoms with Crippen molar-refractivity contribution in [3.8, 4) is 5.75 Å². The largest absolute Gasteiger partial charge is 0.495 e. The van der Waals surface area contributed by atoms with Crippen LogP contribution in [0.5, 0.6) is 5.75 Å². The number of para-hydroxylation sites is 2. The number of rotatable bonds is 9. The maximum absolute atomic E-state index is 14.2. The van der Waals surface area contributed by atoms with E-state index in [0.717, 1.165) is 0 Å². The highest BCUT2D eigenvalue weighted by molar-refractivity contribution is 6.32. The third-order valence-corrected chi connectivity index (χ3v) is 5.33. The maximum Gasteiger partial charge on any atom is 0.246 e. The molecule has 0 unspecified atom stereocenters. The molecule has 12 heteroatoms. The number of ether oxygens (including phenoxy) is 1. The van der Waals surface area contributed by atoms with Crippen molar-refractivity contribution in [3.05, 3.63) is 83.4 Å². The van der Waals surface area contributed by atoms with Crippen LogP contribution in [0.2, 0.25) is 5.02 Å². The maximum atomic E-state index is 14.2. The Kier molecular flexibility index (Phi) is 7.94. The standard InChI is InChI=1S/C25H22ClF2N7O2/c1-14(22(36)30-15-11-12-21(37-2)16(26)13-15)29-23-33-24(31-19-9-5-3-7-17(19)27)35-25(34-23)32-20-10-6-4-8-18(20)28/h3-14H,1-2H3,(H,30,36)(H3,29,31,32,33,34,35)/t14-/m0/s1. The normalized spacial score (nSPS) is 11.4. The summed E-state index contributed by atoms with van der Waals surface area (Å²) in [4.78, 5) is 25.5. The third kappa shape index (κ3) is 6.58. The molecule has 0 aliphatic carbocycles. The summed E-state index contributed by atoms with van der Waals surface area (Å²) in [6.45, 7) is 1.60. The molecule has 3 aromatic carbocycles. The molecule has 0 spiro atoms. The van der Waals surface area contributed by atoms with Crippen molar-refractivity contribution in [3.63, 3.8) is 0 Å². The van der Waals surface area contributed by atoms with Gasteiger partial charge in [0.25, 0.3) is 0 Å². The van der Waals surface area contributed by atoms with Gasteiger partial charge < -0.3 is 26.0 Å². The second kappa shape index (κ2) is 11.5. The highest BCUT2D eigenvalue weighted by Crippen LogP contribution is 2.27. The van der Waals surface area contributed by atoms with Gasteiger partial charge in [0.1, 0.15) is 23.4 Å². The van der Waals surface area contributed by atoms with Gasteiger partial charge in [-0.25, -0.2) is 8.78 Å². The monoisotopic (exact) mass is 525 g/mol. The second-order valence-electron chi connectivity index (χ2n) is 7.72. The quantitative estimate of drug-likeness (QED) is 0.219. The lowest BCUT2D eigenvalue weighted by atomic mass is 10.2. The van der Waals surface area contributed by atoms with Gasteiger partial charge in [-0.2, -0.15) is 15.0 Å². The number of aromatic nitrogens is 3. The molecule has 0 fully saturated rings. The lowest BCUT2D eigenvalue weighted by Crippen LogP contribution is -2.32. The number of amides is 1. The first-order valence-electron chi connectivity index (χ1n) is 11.0. The molecule has 37 heavy (non-hydrogen) atoms. The molecule has 1 amide bonds. The summed E-state index contributed by atoms with van der Waals surface area (Å²) in [5.41, 5.74) is 0.709. The Balaban J connectivity index is 1.56. The van der Waals surface area contributed by atoms with Crippen LogP contribution >= 0.6 is 11.6 Å². The lowest BCUT2D eigenvalue weighted by Gasteiger charge is -2.16. The number of carbonyl (C=O) groups is 1. The van der Waals surface area contributed by atoms with Crippen molar-refractivity contribution in [2.24, 2.45) is 0 Å². The summed E-state index contributed by atoms with van der Waals surface area (Å²) in [5.74, 6) is -1.05. The highest BCUT2D eigenvalue weighted by Gasteiger charge is 2.17. The number of hydrogen-bond donors (Lipinski definition) is 4. The van der Waals surface area contributed by atoms with E-state index < -0.39 is 23.6 Å². The lowest BCUT2D eigenvalue weighted by molar-refractivity contribution is -0.116. The molecule has 1 atom stereocenters. The van der Waals surface area contributed by atoms with Gasteiger partial charge in [-0.1, -0.05) is 35.9 Å². The predicted octanol–water partition coefficient (Wildman–Crippen LogP) is 5.74. The Labute approximate surface area is 216 Å². The Morgan fingerprint density at radius 1 is 0.865 bits per heavy atom. The van der Waals surface area contributed by atoms with Gasteiger partial charge in [0.15, 0.2) is 0 Å². The smallest absolute Gasteiger partial charge is 0.246 e. The number of benzene rings is 3. The van der Waals surface area contributed by atoms with Gasteiger partial charge in [-0.05, 0) is 49.4 Å². The van der Waals surface area contributed by atoms with E-state index in [4.69, 9.17) is 16.3 Å². The minimum absolute atomic E-state index is 0.0110. The van der Waals surface area contributed by atoms with E-state index in [-0.39, 0.29) is 29.2 Å². The average molecular weight is 526 g/mol. The molecular formula is C25H22ClF2N7O2. The number of halogens is 3. The van der Waals surface area contributed by atoms with Crippen molar-refractivity contribution in [1.29, 1.82) is 0 Å². The van der Waals surface area contributed by atoms with Crippen LogP contribution in [0.25, 0.3) is 0 Å². The number of hydrogen-bond acceptors (Lipinski definition) is 8. The van der Waals surface area contributed by atoms with Crippen LogP contribution in [-0.2, 0) is 4.79 Å². The fourth-order valence-corrected chi connectivity index (χ4v) is 3.43. The van der Waals surface area contributed by atoms with Gasteiger partial charge in [0.2, 0.25) is 23.8 Å². The first-order chi connectivity index (χ1) is 17.8. The number of nitrogens with one attached hydrogen (secondary N) is 4. The van der Waals surface area contributed by atoms with Gasteiger partial charge >= 0.3 is 0 Å². The first-order valence-corrected chi connectivity index (χ1v) is 11.4. The van der Waals surface area contributed by atoms with E-state index in [2.05, 4.69) is 36.2 Å². The van der Waals surface area contributed by atoms with Crippen molar-refractivity contribution in [1.82, 2.24) is 15.0 Å². The van der Waals surface area contributed by atoms with Gasteiger partial charge in [-0.3, -0.25) is 4.79 Å². The Morgan fingerprint density at radius 3 is 1.92 bits per heavy atom. The summed E-state index contributed by atoms with van der Waals surface area (Å²) >= 11 is 6.13. The SMILES string of the molecule is COc1ccc(NC(=O)[C@H](C)Nc2nc(Nc3ccccc3F)nc(Nc3ccccc3F)n2)cc1Cl. The molecule has 4 N–H and O–H groups in total. The van der Waals surface area contributed by atoms with Gasteiger partial charge in [-0.15, -0.1) is 0 Å². The van der Waals surface area contributed by atoms with Crippen molar-refractivity contribution in [2.75, 3.05) is 28.4 Å². The first kappa shape index (κ1) is 25.6.